The Morgan fingerprint density at radius 3 is 2.86 bits per heavy atom. The van der Waals surface area contributed by atoms with Crippen LogP contribution in [0.25, 0.3) is 22.4 Å². The second-order valence-corrected chi connectivity index (χ2v) is 6.63. The first kappa shape index (κ1) is 17.3. The summed E-state index contributed by atoms with van der Waals surface area (Å²) in [7, 11) is 0. The number of pyridine rings is 1. The molecule has 0 atom stereocenters. The predicted molar refractivity (Wildman–Crippen MR) is 107 cm³/mol. The summed E-state index contributed by atoms with van der Waals surface area (Å²) in [5.41, 5.74) is 1.71. The zero-order chi connectivity index (χ0) is 19.6. The molecule has 2 N–H and O–H groups in total. The summed E-state index contributed by atoms with van der Waals surface area (Å²) < 4.78 is 16.8. The lowest BCUT2D eigenvalue weighted by Crippen LogP contribution is -2.14. The molecule has 0 saturated heterocycles. The van der Waals surface area contributed by atoms with Crippen LogP contribution in [0.2, 0.25) is 0 Å². The quantitative estimate of drug-likeness (QED) is 0.551. The maximum Gasteiger partial charge on any atom is 0.262 e. The van der Waals surface area contributed by atoms with Gasteiger partial charge in [-0.2, -0.15) is 4.98 Å². The number of H-pyrrole nitrogens is 1. The third kappa shape index (κ3) is 3.40. The lowest BCUT2D eigenvalue weighted by atomic mass is 10.1. The van der Waals surface area contributed by atoms with Crippen molar-refractivity contribution >= 4 is 17.0 Å². The molecule has 0 radical (unpaired) electrons. The highest BCUT2D eigenvalue weighted by molar-refractivity contribution is 5.90. The van der Waals surface area contributed by atoms with Gasteiger partial charge < -0.3 is 19.2 Å². The van der Waals surface area contributed by atoms with E-state index >= 15 is 0 Å². The summed E-state index contributed by atoms with van der Waals surface area (Å²) in [5, 5.41) is 3.54. The number of nitrogens with one attached hydrogen (secondary N) is 2. The summed E-state index contributed by atoms with van der Waals surface area (Å²) >= 11 is 0. The summed E-state index contributed by atoms with van der Waals surface area (Å²) in [4.78, 5) is 24.2. The third-order valence-electron chi connectivity index (χ3n) is 4.67. The number of furan rings is 1. The van der Waals surface area contributed by atoms with E-state index in [0.29, 0.717) is 48.1 Å². The van der Waals surface area contributed by atoms with Crippen molar-refractivity contribution in [3.8, 4) is 22.8 Å². The van der Waals surface area contributed by atoms with Gasteiger partial charge in [-0.05, 0) is 35.9 Å². The fourth-order valence-corrected chi connectivity index (χ4v) is 3.29. The number of ether oxygens (including phenoxy) is 2. The molecule has 1 aliphatic heterocycles. The number of aromatic nitrogens is 3. The first-order valence-corrected chi connectivity index (χ1v) is 9.33. The number of hydrogen-bond donors (Lipinski definition) is 2. The average molecular weight is 390 g/mol. The van der Waals surface area contributed by atoms with Gasteiger partial charge in [0.15, 0.2) is 17.1 Å². The van der Waals surface area contributed by atoms with Crippen LogP contribution >= 0.6 is 0 Å². The monoisotopic (exact) mass is 390 g/mol. The Morgan fingerprint density at radius 2 is 2.00 bits per heavy atom. The van der Waals surface area contributed by atoms with Gasteiger partial charge in [0.1, 0.15) is 5.76 Å². The van der Waals surface area contributed by atoms with Gasteiger partial charge in [0.05, 0.1) is 24.9 Å². The topological polar surface area (TPSA) is 102 Å². The van der Waals surface area contributed by atoms with Crippen molar-refractivity contribution in [2.75, 3.05) is 18.5 Å². The highest BCUT2D eigenvalue weighted by Gasteiger charge is 2.14. The Hall–Kier alpha value is -3.81. The first-order valence-electron chi connectivity index (χ1n) is 9.33. The van der Waals surface area contributed by atoms with Crippen molar-refractivity contribution in [2.24, 2.45) is 0 Å². The van der Waals surface area contributed by atoms with Crippen LogP contribution in [0.5, 0.6) is 11.5 Å². The van der Waals surface area contributed by atoms with Crippen LogP contribution in [-0.2, 0) is 6.54 Å². The van der Waals surface area contributed by atoms with E-state index in [1.54, 1.807) is 30.7 Å². The van der Waals surface area contributed by atoms with E-state index in [1.807, 2.05) is 18.2 Å². The van der Waals surface area contributed by atoms with E-state index in [9.17, 15) is 4.79 Å². The van der Waals surface area contributed by atoms with Gasteiger partial charge in [0, 0.05) is 24.7 Å². The molecule has 0 spiro atoms. The molecular formula is C21H18N4O4. The maximum atomic E-state index is 12.7. The minimum atomic E-state index is -0.282. The molecule has 8 nitrogen and oxygen atoms in total. The molecular weight excluding hydrogens is 372 g/mol. The van der Waals surface area contributed by atoms with Crippen LogP contribution in [0.4, 0.5) is 5.95 Å². The fourth-order valence-electron chi connectivity index (χ4n) is 3.29. The number of nitrogens with zero attached hydrogens (tertiary/aromatic N) is 2. The van der Waals surface area contributed by atoms with Crippen molar-refractivity contribution in [2.45, 2.75) is 13.0 Å². The summed E-state index contributed by atoms with van der Waals surface area (Å²) in [6.45, 7) is 1.75. The highest BCUT2D eigenvalue weighted by atomic mass is 16.5. The van der Waals surface area contributed by atoms with Crippen molar-refractivity contribution in [3.63, 3.8) is 0 Å². The Kier molecular flexibility index (Phi) is 4.36. The Balaban J connectivity index is 1.42. The molecule has 0 unspecified atom stereocenters. The molecule has 1 aliphatic rings. The minimum absolute atomic E-state index is 0.282. The summed E-state index contributed by atoms with van der Waals surface area (Å²) in [6.07, 6.45) is 4.03. The second-order valence-electron chi connectivity index (χ2n) is 6.63. The lowest BCUT2D eigenvalue weighted by molar-refractivity contribution is 0.297. The molecule has 29 heavy (non-hydrogen) atoms. The number of anilines is 1. The largest absolute Gasteiger partial charge is 0.490 e. The second kappa shape index (κ2) is 7.31. The molecule has 5 rings (SSSR count). The van der Waals surface area contributed by atoms with E-state index in [4.69, 9.17) is 13.9 Å². The standard InChI is InChI=1S/C21H18N4O4/c26-20-18-14(15-3-1-8-27-15)6-7-22-19(18)24-21(25-20)23-12-13-4-5-16-17(11-13)29-10-2-9-28-16/h1,3-8,11H,2,9-10,12H2,(H2,22,23,24,25,26). The van der Waals surface area contributed by atoms with Crippen LogP contribution in [0.3, 0.4) is 0 Å². The van der Waals surface area contributed by atoms with Crippen molar-refractivity contribution < 1.29 is 13.9 Å². The highest BCUT2D eigenvalue weighted by Crippen LogP contribution is 2.30. The molecule has 0 aliphatic carbocycles. The third-order valence-corrected chi connectivity index (χ3v) is 4.67. The number of benzene rings is 1. The number of hydrogen-bond acceptors (Lipinski definition) is 7. The number of fused-ring (bicyclic) bond motifs is 2. The average Bonchev–Trinajstić information content (AvgIpc) is 3.17. The molecule has 3 aromatic heterocycles. The molecule has 146 valence electrons. The first-order chi connectivity index (χ1) is 14.3. The van der Waals surface area contributed by atoms with E-state index in [-0.39, 0.29) is 5.56 Å². The van der Waals surface area contributed by atoms with E-state index in [0.717, 1.165) is 23.5 Å². The van der Waals surface area contributed by atoms with Crippen molar-refractivity contribution in [1.82, 2.24) is 15.0 Å². The lowest BCUT2D eigenvalue weighted by Gasteiger charge is -2.11. The molecule has 4 aromatic rings. The maximum absolute atomic E-state index is 12.7. The fraction of sp³-hybridized carbons (Fsp3) is 0.190. The zero-order valence-corrected chi connectivity index (χ0v) is 15.5. The smallest absolute Gasteiger partial charge is 0.262 e. The van der Waals surface area contributed by atoms with Gasteiger partial charge in [-0.3, -0.25) is 9.78 Å². The van der Waals surface area contributed by atoms with Crippen molar-refractivity contribution in [3.05, 3.63) is 64.8 Å². The van der Waals surface area contributed by atoms with Gasteiger partial charge in [-0.1, -0.05) is 6.07 Å². The summed E-state index contributed by atoms with van der Waals surface area (Å²) in [6, 6.07) is 11.1. The van der Waals surface area contributed by atoms with E-state index in [2.05, 4.69) is 20.3 Å². The van der Waals surface area contributed by atoms with E-state index in [1.165, 1.54) is 0 Å². The van der Waals surface area contributed by atoms with Gasteiger partial charge in [-0.25, -0.2) is 4.98 Å². The zero-order valence-electron chi connectivity index (χ0n) is 15.5. The molecule has 0 bridgehead atoms. The van der Waals surface area contributed by atoms with E-state index < -0.39 is 0 Å². The number of rotatable bonds is 4. The molecule has 0 amide bonds. The van der Waals surface area contributed by atoms with Gasteiger partial charge in [0.2, 0.25) is 5.95 Å². The van der Waals surface area contributed by atoms with Crippen molar-refractivity contribution in [1.29, 1.82) is 0 Å². The molecule has 8 heteroatoms. The van der Waals surface area contributed by atoms with Crippen LogP contribution in [0, 0.1) is 0 Å². The normalized spacial score (nSPS) is 13.2. The molecule has 1 aromatic carbocycles. The Labute approximate surface area is 165 Å². The molecule has 0 saturated carbocycles. The molecule has 0 fully saturated rings. The molecule has 4 heterocycles. The summed E-state index contributed by atoms with van der Waals surface area (Å²) in [5.74, 6) is 2.42. The SMILES string of the molecule is O=c1[nH]c(NCc2ccc3c(c2)OCCCO3)nc2nccc(-c3ccco3)c12. The van der Waals surface area contributed by atoms with Gasteiger partial charge in [-0.15, -0.1) is 0 Å². The number of aromatic amines is 1. The van der Waals surface area contributed by atoms with Crippen LogP contribution in [0.15, 0.2) is 58.1 Å². The Morgan fingerprint density at radius 1 is 1.10 bits per heavy atom. The van der Waals surface area contributed by atoms with Gasteiger partial charge >= 0.3 is 0 Å². The predicted octanol–water partition coefficient (Wildman–Crippen LogP) is 3.35. The van der Waals surface area contributed by atoms with Crippen LogP contribution in [-0.4, -0.2) is 28.2 Å². The minimum Gasteiger partial charge on any atom is -0.490 e. The van der Waals surface area contributed by atoms with Gasteiger partial charge in [0.25, 0.3) is 5.56 Å². The Bertz CT molecular complexity index is 1220. The van der Waals surface area contributed by atoms with Crippen LogP contribution < -0.4 is 20.3 Å². The van der Waals surface area contributed by atoms with Crippen LogP contribution in [0.1, 0.15) is 12.0 Å².